The van der Waals surface area contributed by atoms with Crippen molar-refractivity contribution in [2.75, 3.05) is 25.0 Å². The molecule has 9 heteroatoms. The van der Waals surface area contributed by atoms with Crippen molar-refractivity contribution < 1.29 is 33.0 Å². The van der Waals surface area contributed by atoms with Crippen LogP contribution in [0.5, 0.6) is 5.75 Å². The molecule has 1 aromatic carbocycles. The van der Waals surface area contributed by atoms with E-state index in [2.05, 4.69) is 0 Å². The molecular weight excluding hydrogens is 293 g/mol. The summed E-state index contributed by atoms with van der Waals surface area (Å²) < 4.78 is 37.2. The molecule has 0 unspecified atom stereocenters. The van der Waals surface area contributed by atoms with Gasteiger partial charge < -0.3 is 15.1 Å². The number of nitrogens with zero attached hydrogens (tertiary/aromatic N) is 2. The third-order valence-electron chi connectivity index (χ3n) is 2.47. The van der Waals surface area contributed by atoms with Crippen molar-refractivity contribution in [1.29, 1.82) is 0 Å². The third kappa shape index (κ3) is 5.21. The summed E-state index contributed by atoms with van der Waals surface area (Å²) >= 11 is 0. The Bertz CT molecular complexity index is 533. The molecular formula is C12H13F3N2O4. The number of amides is 2. The van der Waals surface area contributed by atoms with Crippen LogP contribution in [0.15, 0.2) is 24.3 Å². The topological polar surface area (TPSA) is 81.1 Å². The van der Waals surface area contributed by atoms with Crippen LogP contribution in [0.4, 0.5) is 23.7 Å². The molecule has 6 nitrogen and oxygen atoms in total. The quantitative estimate of drug-likeness (QED) is 0.890. The summed E-state index contributed by atoms with van der Waals surface area (Å²) in [7, 11) is 1.18. The number of anilines is 1. The van der Waals surface area contributed by atoms with E-state index in [9.17, 15) is 27.9 Å². The predicted octanol–water partition coefficient (Wildman–Crippen LogP) is 1.90. The van der Waals surface area contributed by atoms with E-state index >= 15 is 0 Å². The Kier molecular flexibility index (Phi) is 5.01. The molecule has 116 valence electrons. The first-order valence-corrected chi connectivity index (χ1v) is 5.70. The number of phenolic OH excluding ortho intramolecular Hbond substituents is 1. The summed E-state index contributed by atoms with van der Waals surface area (Å²) in [6.07, 6.45) is -4.72. The lowest BCUT2D eigenvalue weighted by Gasteiger charge is -2.27. The number of alkyl halides is 3. The van der Waals surface area contributed by atoms with Gasteiger partial charge in [-0.05, 0) is 12.1 Å². The molecule has 0 aliphatic carbocycles. The summed E-state index contributed by atoms with van der Waals surface area (Å²) in [5.41, 5.74) is 0.137. The van der Waals surface area contributed by atoms with Crippen LogP contribution in [-0.2, 0) is 4.79 Å². The zero-order chi connectivity index (χ0) is 16.2. The maximum atomic E-state index is 12.4. The number of carboxylic acid groups (broad SMARTS) is 1. The molecule has 2 amide bonds. The molecule has 0 atom stereocenters. The van der Waals surface area contributed by atoms with Gasteiger partial charge in [-0.15, -0.1) is 0 Å². The Morgan fingerprint density at radius 3 is 2.38 bits per heavy atom. The fourth-order valence-electron chi connectivity index (χ4n) is 1.60. The van der Waals surface area contributed by atoms with Gasteiger partial charge in [0, 0.05) is 18.8 Å². The summed E-state index contributed by atoms with van der Waals surface area (Å²) in [6.45, 7) is -2.76. The number of carbonyl (C=O) groups excluding carboxylic acids is 1. The normalized spacial score (nSPS) is 11.0. The van der Waals surface area contributed by atoms with Gasteiger partial charge >= 0.3 is 18.2 Å². The van der Waals surface area contributed by atoms with Crippen molar-refractivity contribution in [1.82, 2.24) is 4.90 Å². The highest BCUT2D eigenvalue weighted by Crippen LogP contribution is 2.22. The number of carboxylic acids is 1. The molecule has 1 aromatic rings. The van der Waals surface area contributed by atoms with Crippen LogP contribution in [0.1, 0.15) is 0 Å². The van der Waals surface area contributed by atoms with E-state index in [4.69, 9.17) is 5.11 Å². The van der Waals surface area contributed by atoms with Crippen LogP contribution in [-0.4, -0.2) is 53.4 Å². The minimum Gasteiger partial charge on any atom is -0.508 e. The fraction of sp³-hybridized carbons (Fsp3) is 0.333. The lowest BCUT2D eigenvalue weighted by atomic mass is 10.3. The number of aromatic hydroxyl groups is 1. The minimum absolute atomic E-state index is 0.137. The Labute approximate surface area is 118 Å². The summed E-state index contributed by atoms with van der Waals surface area (Å²) in [5, 5.41) is 17.9. The fourth-order valence-corrected chi connectivity index (χ4v) is 1.60. The van der Waals surface area contributed by atoms with Crippen LogP contribution < -0.4 is 4.90 Å². The molecule has 21 heavy (non-hydrogen) atoms. The van der Waals surface area contributed by atoms with E-state index in [0.717, 1.165) is 4.90 Å². The van der Waals surface area contributed by atoms with Gasteiger partial charge in [-0.25, -0.2) is 4.79 Å². The molecule has 0 spiro atoms. The summed E-state index contributed by atoms with van der Waals surface area (Å²) in [4.78, 5) is 23.6. The molecule has 0 aliphatic heterocycles. The monoisotopic (exact) mass is 306 g/mol. The number of urea groups is 1. The van der Waals surface area contributed by atoms with E-state index in [1.807, 2.05) is 0 Å². The second-order valence-electron chi connectivity index (χ2n) is 4.23. The van der Waals surface area contributed by atoms with Crippen molar-refractivity contribution in [3.05, 3.63) is 24.3 Å². The largest absolute Gasteiger partial charge is 0.508 e. The van der Waals surface area contributed by atoms with Crippen molar-refractivity contribution in [2.45, 2.75) is 6.18 Å². The third-order valence-corrected chi connectivity index (χ3v) is 2.47. The van der Waals surface area contributed by atoms with Gasteiger partial charge in [-0.1, -0.05) is 6.07 Å². The van der Waals surface area contributed by atoms with Gasteiger partial charge in [-0.2, -0.15) is 13.2 Å². The maximum absolute atomic E-state index is 12.4. The number of carbonyl (C=O) groups is 2. The average Bonchev–Trinajstić information content (AvgIpc) is 2.34. The van der Waals surface area contributed by atoms with Crippen LogP contribution in [0.25, 0.3) is 0 Å². The van der Waals surface area contributed by atoms with Crippen molar-refractivity contribution in [3.8, 4) is 5.75 Å². The highest BCUT2D eigenvalue weighted by atomic mass is 19.4. The van der Waals surface area contributed by atoms with Crippen LogP contribution >= 0.6 is 0 Å². The van der Waals surface area contributed by atoms with Crippen molar-refractivity contribution in [2.24, 2.45) is 0 Å². The number of halogens is 3. The van der Waals surface area contributed by atoms with Crippen LogP contribution in [0.3, 0.4) is 0 Å². The first-order chi connectivity index (χ1) is 9.60. The van der Waals surface area contributed by atoms with Gasteiger partial charge in [0.1, 0.15) is 18.8 Å². The first-order valence-electron chi connectivity index (χ1n) is 5.70. The zero-order valence-corrected chi connectivity index (χ0v) is 11.0. The number of hydrogen-bond donors (Lipinski definition) is 2. The Hall–Kier alpha value is -2.45. The smallest absolute Gasteiger partial charge is 0.406 e. The van der Waals surface area contributed by atoms with Gasteiger partial charge in [0.2, 0.25) is 0 Å². The van der Waals surface area contributed by atoms with Crippen LogP contribution in [0, 0.1) is 0 Å². The molecule has 0 aromatic heterocycles. The molecule has 0 heterocycles. The number of phenols is 1. The van der Waals surface area contributed by atoms with E-state index in [1.165, 1.54) is 31.3 Å². The molecule has 0 aliphatic rings. The first kappa shape index (κ1) is 16.6. The lowest BCUT2D eigenvalue weighted by Crippen LogP contribution is -2.47. The Balaban J connectivity index is 2.96. The molecule has 0 saturated heterocycles. The number of benzene rings is 1. The SMILES string of the molecule is CN(C(=O)N(CC(=O)O)CC(F)(F)F)c1cccc(O)c1. The number of rotatable bonds is 4. The molecule has 0 fully saturated rings. The zero-order valence-electron chi connectivity index (χ0n) is 11.0. The molecule has 0 bridgehead atoms. The minimum atomic E-state index is -4.72. The molecule has 0 saturated carbocycles. The van der Waals surface area contributed by atoms with E-state index in [-0.39, 0.29) is 16.3 Å². The predicted molar refractivity (Wildman–Crippen MR) is 67.2 cm³/mol. The van der Waals surface area contributed by atoms with E-state index in [0.29, 0.717) is 0 Å². The van der Waals surface area contributed by atoms with E-state index < -0.39 is 31.3 Å². The van der Waals surface area contributed by atoms with Gasteiger partial charge in [-0.3, -0.25) is 9.69 Å². The van der Waals surface area contributed by atoms with Crippen molar-refractivity contribution >= 4 is 17.7 Å². The Morgan fingerprint density at radius 2 is 1.90 bits per heavy atom. The molecule has 0 radical (unpaired) electrons. The average molecular weight is 306 g/mol. The molecule has 1 rings (SSSR count). The standard InChI is InChI=1S/C12H13F3N2O4/c1-16(8-3-2-4-9(18)5-8)11(21)17(6-10(19)20)7-12(13,14)15/h2-5,18H,6-7H2,1H3,(H,19,20). The second kappa shape index (κ2) is 6.33. The summed E-state index contributed by atoms with van der Waals surface area (Å²) in [5.74, 6) is -1.73. The van der Waals surface area contributed by atoms with Gasteiger partial charge in [0.05, 0.1) is 0 Å². The highest BCUT2D eigenvalue weighted by molar-refractivity contribution is 5.93. The lowest BCUT2D eigenvalue weighted by molar-refractivity contribution is -0.148. The number of hydrogen-bond acceptors (Lipinski definition) is 3. The highest BCUT2D eigenvalue weighted by Gasteiger charge is 2.35. The van der Waals surface area contributed by atoms with Crippen molar-refractivity contribution in [3.63, 3.8) is 0 Å². The van der Waals surface area contributed by atoms with Gasteiger partial charge in [0.15, 0.2) is 0 Å². The van der Waals surface area contributed by atoms with E-state index in [1.54, 1.807) is 0 Å². The van der Waals surface area contributed by atoms with Crippen LogP contribution in [0.2, 0.25) is 0 Å². The second-order valence-corrected chi connectivity index (χ2v) is 4.23. The Morgan fingerprint density at radius 1 is 1.29 bits per heavy atom. The summed E-state index contributed by atoms with van der Waals surface area (Å²) in [6, 6.07) is 4.15. The van der Waals surface area contributed by atoms with Gasteiger partial charge in [0.25, 0.3) is 0 Å². The molecule has 2 N–H and O–H groups in total. The maximum Gasteiger partial charge on any atom is 0.406 e. The number of aliphatic carboxylic acids is 1.